The van der Waals surface area contributed by atoms with Gasteiger partial charge >= 0.3 is 0 Å². The maximum Gasteiger partial charge on any atom is 0.251 e. The van der Waals surface area contributed by atoms with Crippen molar-refractivity contribution in [2.24, 2.45) is 4.99 Å². The van der Waals surface area contributed by atoms with Crippen molar-refractivity contribution in [1.29, 1.82) is 0 Å². The first-order valence-corrected chi connectivity index (χ1v) is 12.4. The second-order valence-electron chi connectivity index (χ2n) is 8.79. The molecule has 0 saturated carbocycles. The maximum absolute atomic E-state index is 12.8. The van der Waals surface area contributed by atoms with Gasteiger partial charge in [-0.3, -0.25) is 4.79 Å². The van der Waals surface area contributed by atoms with Crippen molar-refractivity contribution in [2.45, 2.75) is 31.6 Å². The minimum absolute atomic E-state index is 0.0697. The molecule has 2 N–H and O–H groups in total. The van der Waals surface area contributed by atoms with E-state index in [1.54, 1.807) is 19.2 Å². The summed E-state index contributed by atoms with van der Waals surface area (Å²) in [6.45, 7) is 2.62. The summed E-state index contributed by atoms with van der Waals surface area (Å²) >= 11 is 3.39. The largest absolute Gasteiger partial charge is 0.390 e. The third kappa shape index (κ3) is 5.99. The number of halogens is 1. The van der Waals surface area contributed by atoms with Crippen molar-refractivity contribution in [3.05, 3.63) is 99.5 Å². The van der Waals surface area contributed by atoms with Gasteiger partial charge in [0.25, 0.3) is 5.91 Å². The highest BCUT2D eigenvalue weighted by Gasteiger charge is 2.32. The number of fused-ring (bicyclic) bond motifs is 1. The van der Waals surface area contributed by atoms with Gasteiger partial charge in [0.1, 0.15) is 5.84 Å². The monoisotopic (exact) mass is 535 g/mol. The summed E-state index contributed by atoms with van der Waals surface area (Å²) in [6, 6.07) is 22.7. The molecular formula is C28H30BrN3O3. The number of hydrogen-bond acceptors (Lipinski definition) is 4. The fourth-order valence-electron chi connectivity index (χ4n) is 4.31. The van der Waals surface area contributed by atoms with Gasteiger partial charge in [-0.2, -0.15) is 0 Å². The van der Waals surface area contributed by atoms with Gasteiger partial charge in [0.15, 0.2) is 0 Å². The van der Waals surface area contributed by atoms with Gasteiger partial charge < -0.3 is 20.1 Å². The lowest BCUT2D eigenvalue weighted by molar-refractivity contribution is 0.0858. The standard InChI is InChI=1S/C28H30BrN3O3/c1-18(32(2)17-26(35-3)19-7-5-4-6-8-19)30-23-14-11-21-15-25(33)27(24(21)16-23)31-28(34)20-9-12-22(29)13-10-20/h4-14,16,25-27,33H,15,17H2,1-3H3,(H,31,34). The Kier molecular flexibility index (Phi) is 8.00. The van der Waals surface area contributed by atoms with Gasteiger partial charge in [-0.1, -0.05) is 52.3 Å². The highest BCUT2D eigenvalue weighted by atomic mass is 79.9. The van der Waals surface area contributed by atoms with Crippen LogP contribution in [-0.2, 0) is 11.2 Å². The number of methoxy groups -OCH3 is 1. The minimum Gasteiger partial charge on any atom is -0.390 e. The number of nitrogens with one attached hydrogen (secondary N) is 1. The lowest BCUT2D eigenvalue weighted by Gasteiger charge is -2.25. The fourth-order valence-corrected chi connectivity index (χ4v) is 4.58. The van der Waals surface area contributed by atoms with Crippen LogP contribution in [0.5, 0.6) is 0 Å². The fraction of sp³-hybridized carbons (Fsp3) is 0.286. The molecule has 0 aromatic heterocycles. The highest BCUT2D eigenvalue weighted by molar-refractivity contribution is 9.10. The Morgan fingerprint density at radius 3 is 2.57 bits per heavy atom. The molecule has 6 nitrogen and oxygen atoms in total. The number of amides is 1. The molecule has 3 unspecified atom stereocenters. The molecular weight excluding hydrogens is 506 g/mol. The van der Waals surface area contributed by atoms with Gasteiger partial charge in [0.05, 0.1) is 23.9 Å². The third-order valence-electron chi connectivity index (χ3n) is 6.41. The van der Waals surface area contributed by atoms with Crippen molar-refractivity contribution in [3.63, 3.8) is 0 Å². The molecule has 35 heavy (non-hydrogen) atoms. The first-order valence-electron chi connectivity index (χ1n) is 11.6. The predicted molar refractivity (Wildman–Crippen MR) is 142 cm³/mol. The molecule has 182 valence electrons. The van der Waals surface area contributed by atoms with E-state index in [1.165, 1.54) is 0 Å². The summed E-state index contributed by atoms with van der Waals surface area (Å²) in [4.78, 5) is 19.7. The van der Waals surface area contributed by atoms with Crippen LogP contribution in [0.15, 0.2) is 82.3 Å². The molecule has 3 aromatic carbocycles. The quantitative estimate of drug-likeness (QED) is 0.322. The number of likely N-dealkylation sites (N-methyl/N-ethyl adjacent to an activating group) is 1. The number of rotatable bonds is 7. The number of ether oxygens (including phenoxy) is 1. The van der Waals surface area contributed by atoms with Crippen LogP contribution >= 0.6 is 15.9 Å². The Labute approximate surface area is 214 Å². The van der Waals surface area contributed by atoms with Crippen LogP contribution in [0.25, 0.3) is 0 Å². The third-order valence-corrected chi connectivity index (χ3v) is 6.94. The van der Waals surface area contributed by atoms with E-state index in [0.717, 1.165) is 32.7 Å². The van der Waals surface area contributed by atoms with E-state index < -0.39 is 12.1 Å². The molecule has 4 rings (SSSR count). The van der Waals surface area contributed by atoms with E-state index in [2.05, 4.69) is 38.3 Å². The van der Waals surface area contributed by atoms with Crippen LogP contribution < -0.4 is 5.32 Å². The molecule has 3 atom stereocenters. The second kappa shape index (κ2) is 11.2. The zero-order chi connectivity index (χ0) is 24.9. The Morgan fingerprint density at radius 2 is 1.89 bits per heavy atom. The summed E-state index contributed by atoms with van der Waals surface area (Å²) in [5.41, 5.74) is 4.36. The number of hydrogen-bond donors (Lipinski definition) is 2. The predicted octanol–water partition coefficient (Wildman–Crippen LogP) is 5.21. The average Bonchev–Trinajstić information content (AvgIpc) is 3.17. The summed E-state index contributed by atoms with van der Waals surface area (Å²) in [5, 5.41) is 13.7. The number of carbonyl (C=O) groups excluding carboxylic acids is 1. The van der Waals surface area contributed by atoms with Gasteiger partial charge in [-0.05, 0) is 60.0 Å². The lowest BCUT2D eigenvalue weighted by atomic mass is 10.1. The molecule has 1 aliphatic carbocycles. The average molecular weight is 536 g/mol. The van der Waals surface area contributed by atoms with E-state index in [0.29, 0.717) is 18.5 Å². The van der Waals surface area contributed by atoms with Crippen LogP contribution in [0, 0.1) is 0 Å². The molecule has 1 aliphatic rings. The molecule has 7 heteroatoms. The normalized spacial score (nSPS) is 18.1. The van der Waals surface area contributed by atoms with Crippen molar-refractivity contribution in [2.75, 3.05) is 20.7 Å². The van der Waals surface area contributed by atoms with Crippen LogP contribution in [0.4, 0.5) is 5.69 Å². The Hall–Kier alpha value is -3.00. The second-order valence-corrected chi connectivity index (χ2v) is 9.70. The van der Waals surface area contributed by atoms with E-state index in [9.17, 15) is 9.90 Å². The maximum atomic E-state index is 12.8. The van der Waals surface area contributed by atoms with Crippen LogP contribution in [0.2, 0.25) is 0 Å². The van der Waals surface area contributed by atoms with Gasteiger partial charge in [0.2, 0.25) is 0 Å². The first-order chi connectivity index (χ1) is 16.9. The van der Waals surface area contributed by atoms with Gasteiger partial charge in [-0.15, -0.1) is 0 Å². The Bertz CT molecular complexity index is 1200. The summed E-state index contributed by atoms with van der Waals surface area (Å²) in [5.74, 6) is 0.627. The summed E-state index contributed by atoms with van der Waals surface area (Å²) < 4.78 is 6.61. The van der Waals surface area contributed by atoms with Crippen LogP contribution in [0.3, 0.4) is 0 Å². The van der Waals surface area contributed by atoms with Crippen molar-refractivity contribution < 1.29 is 14.6 Å². The summed E-state index contributed by atoms with van der Waals surface area (Å²) in [6.07, 6.45) is -0.253. The molecule has 0 spiro atoms. The molecule has 0 saturated heterocycles. The van der Waals surface area contributed by atoms with E-state index in [4.69, 9.17) is 9.73 Å². The number of amidine groups is 1. The van der Waals surface area contributed by atoms with Crippen LogP contribution in [0.1, 0.15) is 46.1 Å². The molecule has 0 heterocycles. The highest BCUT2D eigenvalue weighted by Crippen LogP contribution is 2.34. The number of benzene rings is 3. The number of aliphatic hydroxyl groups excluding tert-OH is 1. The van der Waals surface area contributed by atoms with E-state index in [1.807, 2.05) is 62.5 Å². The van der Waals surface area contributed by atoms with Crippen LogP contribution in [-0.4, -0.2) is 48.6 Å². The molecule has 0 fully saturated rings. The summed E-state index contributed by atoms with van der Waals surface area (Å²) in [7, 11) is 3.71. The number of carbonyl (C=O) groups is 1. The van der Waals surface area contributed by atoms with E-state index in [-0.39, 0.29) is 12.0 Å². The molecule has 0 bridgehead atoms. The Morgan fingerprint density at radius 1 is 1.17 bits per heavy atom. The van der Waals surface area contributed by atoms with Crippen molar-refractivity contribution >= 4 is 33.4 Å². The molecule has 0 radical (unpaired) electrons. The topological polar surface area (TPSA) is 74.2 Å². The minimum atomic E-state index is -0.680. The zero-order valence-electron chi connectivity index (χ0n) is 20.1. The van der Waals surface area contributed by atoms with Gasteiger partial charge in [0, 0.05) is 37.2 Å². The number of aliphatic imine (C=N–C) groups is 1. The molecule has 3 aromatic rings. The van der Waals surface area contributed by atoms with Gasteiger partial charge in [-0.25, -0.2) is 4.99 Å². The zero-order valence-corrected chi connectivity index (χ0v) is 21.7. The number of nitrogens with zero attached hydrogens (tertiary/aromatic N) is 2. The number of aliphatic hydroxyl groups is 1. The van der Waals surface area contributed by atoms with Crippen molar-refractivity contribution in [3.8, 4) is 0 Å². The Balaban J connectivity index is 1.49. The molecule has 1 amide bonds. The lowest BCUT2D eigenvalue weighted by Crippen LogP contribution is -2.33. The van der Waals surface area contributed by atoms with Crippen molar-refractivity contribution in [1.82, 2.24) is 10.2 Å². The first kappa shape index (κ1) is 25.1. The smallest absolute Gasteiger partial charge is 0.251 e. The van der Waals surface area contributed by atoms with E-state index >= 15 is 0 Å². The SMILES string of the molecule is COC(CN(C)C(C)=Nc1ccc2c(c1)C(NC(=O)c1ccc(Br)cc1)C(O)C2)c1ccccc1. The molecule has 0 aliphatic heterocycles.